The highest BCUT2D eigenvalue weighted by Crippen LogP contribution is 2.32. The molecule has 0 saturated carbocycles. The number of halogens is 1. The van der Waals surface area contributed by atoms with Crippen LogP contribution in [0.4, 0.5) is 11.4 Å². The number of nitrogens with zero attached hydrogens (tertiary/aromatic N) is 3. The molecule has 3 rings (SSSR count). The molecule has 0 saturated heterocycles. The number of non-ortho nitro benzene ring substituents is 2. The average molecular weight is 415 g/mol. The van der Waals surface area contributed by atoms with Gasteiger partial charge in [0.25, 0.3) is 17.3 Å². The molecule has 0 atom stereocenters. The smallest absolute Gasteiger partial charge is 0.271 e. The van der Waals surface area contributed by atoms with Crippen molar-refractivity contribution in [3.05, 3.63) is 91.2 Å². The number of carbonyl (C=O) groups is 1. The quantitative estimate of drug-likeness (QED) is 0.364. The van der Waals surface area contributed by atoms with Crippen LogP contribution in [0.25, 0.3) is 11.3 Å². The molecule has 146 valence electrons. The summed E-state index contributed by atoms with van der Waals surface area (Å²) < 4.78 is 5.55. The van der Waals surface area contributed by atoms with Gasteiger partial charge in [-0.25, -0.2) is 5.43 Å². The number of nitro groups is 2. The van der Waals surface area contributed by atoms with Gasteiger partial charge in [-0.05, 0) is 30.3 Å². The molecule has 0 aliphatic heterocycles. The van der Waals surface area contributed by atoms with Gasteiger partial charge in [-0.2, -0.15) is 5.10 Å². The van der Waals surface area contributed by atoms with Crippen LogP contribution in [0.2, 0.25) is 5.02 Å². The molecule has 3 aromatic rings. The minimum Gasteiger partial charge on any atom is -0.455 e. The van der Waals surface area contributed by atoms with E-state index in [9.17, 15) is 25.0 Å². The molecule has 0 radical (unpaired) electrons. The Hall–Kier alpha value is -4.05. The monoisotopic (exact) mass is 414 g/mol. The van der Waals surface area contributed by atoms with Gasteiger partial charge in [-0.15, -0.1) is 0 Å². The van der Waals surface area contributed by atoms with Crippen molar-refractivity contribution in [2.24, 2.45) is 5.10 Å². The Labute approximate surface area is 167 Å². The van der Waals surface area contributed by atoms with Gasteiger partial charge in [-0.1, -0.05) is 11.6 Å². The second-order valence-corrected chi connectivity index (χ2v) is 6.03. The van der Waals surface area contributed by atoms with Gasteiger partial charge in [0.15, 0.2) is 0 Å². The second-order valence-electron chi connectivity index (χ2n) is 5.63. The summed E-state index contributed by atoms with van der Waals surface area (Å²) in [5.74, 6) is 0.118. The molecule has 1 aromatic heterocycles. The summed E-state index contributed by atoms with van der Waals surface area (Å²) in [6.07, 6.45) is 1.26. The van der Waals surface area contributed by atoms with E-state index >= 15 is 0 Å². The summed E-state index contributed by atoms with van der Waals surface area (Å²) in [4.78, 5) is 32.2. The number of benzene rings is 2. The van der Waals surface area contributed by atoms with Crippen molar-refractivity contribution in [3.8, 4) is 11.3 Å². The third-order valence-corrected chi connectivity index (χ3v) is 4.07. The fourth-order valence-corrected chi connectivity index (χ4v) is 2.61. The summed E-state index contributed by atoms with van der Waals surface area (Å²) >= 11 is 6.06. The first-order valence-corrected chi connectivity index (χ1v) is 8.35. The van der Waals surface area contributed by atoms with Crippen molar-refractivity contribution in [3.63, 3.8) is 0 Å². The number of hydrogen-bond donors (Lipinski definition) is 1. The van der Waals surface area contributed by atoms with Gasteiger partial charge in [0.1, 0.15) is 11.5 Å². The third-order valence-electron chi connectivity index (χ3n) is 3.75. The predicted octanol–water partition coefficient (Wildman–Crippen LogP) is 4.18. The second kappa shape index (κ2) is 8.31. The van der Waals surface area contributed by atoms with Crippen molar-refractivity contribution < 1.29 is 19.1 Å². The van der Waals surface area contributed by atoms with Crippen LogP contribution >= 0.6 is 11.6 Å². The zero-order chi connectivity index (χ0) is 21.0. The van der Waals surface area contributed by atoms with Gasteiger partial charge in [0.05, 0.1) is 21.1 Å². The minimum atomic E-state index is -0.564. The molecule has 0 aliphatic rings. The van der Waals surface area contributed by atoms with Crippen LogP contribution in [0.3, 0.4) is 0 Å². The molecular weight excluding hydrogens is 404 g/mol. The van der Waals surface area contributed by atoms with E-state index in [4.69, 9.17) is 16.0 Å². The van der Waals surface area contributed by atoms with E-state index in [0.29, 0.717) is 17.1 Å². The third kappa shape index (κ3) is 4.62. The Morgan fingerprint density at radius 2 is 1.66 bits per heavy atom. The highest BCUT2D eigenvalue weighted by Gasteiger charge is 2.13. The van der Waals surface area contributed by atoms with E-state index in [-0.39, 0.29) is 22.0 Å². The number of rotatable bonds is 6. The van der Waals surface area contributed by atoms with Crippen LogP contribution in [0.1, 0.15) is 16.1 Å². The van der Waals surface area contributed by atoms with E-state index in [1.54, 1.807) is 12.1 Å². The summed E-state index contributed by atoms with van der Waals surface area (Å²) in [5, 5.41) is 25.3. The molecule has 2 aromatic carbocycles. The predicted molar refractivity (Wildman–Crippen MR) is 104 cm³/mol. The number of amides is 1. The van der Waals surface area contributed by atoms with E-state index < -0.39 is 15.8 Å². The molecular formula is C18H11ClN4O6. The lowest BCUT2D eigenvalue weighted by Gasteiger charge is -2.00. The molecule has 1 heterocycles. The summed E-state index contributed by atoms with van der Waals surface area (Å²) in [6, 6.07) is 12.2. The molecule has 29 heavy (non-hydrogen) atoms. The molecule has 10 nitrogen and oxygen atoms in total. The Bertz CT molecular complexity index is 1120. The van der Waals surface area contributed by atoms with Gasteiger partial charge >= 0.3 is 0 Å². The molecule has 0 aliphatic carbocycles. The maximum Gasteiger partial charge on any atom is 0.271 e. The van der Waals surface area contributed by atoms with E-state index in [0.717, 1.165) is 0 Å². The molecule has 0 unspecified atom stereocenters. The Morgan fingerprint density at radius 3 is 2.28 bits per heavy atom. The fraction of sp³-hybridized carbons (Fsp3) is 0. The highest BCUT2D eigenvalue weighted by atomic mass is 35.5. The van der Waals surface area contributed by atoms with Crippen molar-refractivity contribution >= 4 is 35.1 Å². The number of hydrogen-bond acceptors (Lipinski definition) is 7. The molecule has 0 bridgehead atoms. The fourth-order valence-electron chi connectivity index (χ4n) is 2.34. The highest BCUT2D eigenvalue weighted by molar-refractivity contribution is 6.33. The number of nitrogens with one attached hydrogen (secondary N) is 1. The Kier molecular flexibility index (Phi) is 5.65. The van der Waals surface area contributed by atoms with Crippen LogP contribution < -0.4 is 5.43 Å². The standard InChI is InChI=1S/C18H11ClN4O6/c19-16-9-13(23(27)28)5-7-15(16)17-8-6-14(29-17)10-20-21-18(24)11-1-3-12(4-2-11)22(25)26/h1-10H,(H,21,24)/b20-10-. The van der Waals surface area contributed by atoms with Gasteiger partial charge in [0.2, 0.25) is 0 Å². The normalized spacial score (nSPS) is 10.8. The van der Waals surface area contributed by atoms with Gasteiger partial charge < -0.3 is 4.42 Å². The molecule has 0 fully saturated rings. The van der Waals surface area contributed by atoms with Crippen LogP contribution in [0.15, 0.2) is 64.1 Å². The lowest BCUT2D eigenvalue weighted by Crippen LogP contribution is -2.17. The lowest BCUT2D eigenvalue weighted by molar-refractivity contribution is -0.385. The first-order chi connectivity index (χ1) is 13.8. The van der Waals surface area contributed by atoms with Gasteiger partial charge in [-0.3, -0.25) is 25.0 Å². The Morgan fingerprint density at radius 1 is 1.00 bits per heavy atom. The zero-order valence-corrected chi connectivity index (χ0v) is 15.2. The number of carbonyl (C=O) groups excluding carboxylic acids is 1. The molecule has 11 heteroatoms. The molecule has 0 spiro atoms. The zero-order valence-electron chi connectivity index (χ0n) is 14.4. The number of nitro benzene ring substituents is 2. The SMILES string of the molecule is O=C(N/N=C\c1ccc(-c2ccc([N+](=O)[O-])cc2Cl)o1)c1ccc([N+](=O)[O-])cc1. The summed E-state index contributed by atoms with van der Waals surface area (Å²) in [7, 11) is 0. The summed E-state index contributed by atoms with van der Waals surface area (Å²) in [5.41, 5.74) is 2.68. The van der Waals surface area contributed by atoms with Crippen LogP contribution in [0, 0.1) is 20.2 Å². The molecule has 1 N–H and O–H groups in total. The maximum atomic E-state index is 12.0. The van der Waals surface area contributed by atoms with E-state index in [2.05, 4.69) is 10.5 Å². The van der Waals surface area contributed by atoms with Crippen LogP contribution in [-0.4, -0.2) is 22.0 Å². The maximum absolute atomic E-state index is 12.0. The topological polar surface area (TPSA) is 141 Å². The Balaban J connectivity index is 1.67. The summed E-state index contributed by atoms with van der Waals surface area (Å²) in [6.45, 7) is 0. The van der Waals surface area contributed by atoms with Crippen molar-refractivity contribution in [2.45, 2.75) is 0 Å². The van der Waals surface area contributed by atoms with E-state index in [1.165, 1.54) is 48.7 Å². The number of hydrazone groups is 1. The van der Waals surface area contributed by atoms with Crippen LogP contribution in [-0.2, 0) is 0 Å². The van der Waals surface area contributed by atoms with Crippen LogP contribution in [0.5, 0.6) is 0 Å². The van der Waals surface area contributed by atoms with Crippen molar-refractivity contribution in [2.75, 3.05) is 0 Å². The van der Waals surface area contributed by atoms with Crippen molar-refractivity contribution in [1.29, 1.82) is 0 Å². The minimum absolute atomic E-state index is 0.127. The molecule has 1 amide bonds. The van der Waals surface area contributed by atoms with Gasteiger partial charge in [0, 0.05) is 35.4 Å². The largest absolute Gasteiger partial charge is 0.455 e. The number of furan rings is 1. The van der Waals surface area contributed by atoms with E-state index in [1.807, 2.05) is 0 Å². The lowest BCUT2D eigenvalue weighted by atomic mass is 10.1. The first kappa shape index (κ1) is 19.7. The first-order valence-electron chi connectivity index (χ1n) is 7.97. The van der Waals surface area contributed by atoms with Crippen molar-refractivity contribution in [1.82, 2.24) is 5.43 Å². The average Bonchev–Trinajstić information content (AvgIpc) is 3.16.